The summed E-state index contributed by atoms with van der Waals surface area (Å²) in [6.07, 6.45) is 0.180. The van der Waals surface area contributed by atoms with Crippen molar-refractivity contribution in [2.24, 2.45) is 0 Å². The van der Waals surface area contributed by atoms with Crippen LogP contribution in [0.3, 0.4) is 0 Å². The van der Waals surface area contributed by atoms with Gasteiger partial charge in [0.25, 0.3) is 0 Å². The summed E-state index contributed by atoms with van der Waals surface area (Å²) in [4.78, 5) is 26.1. The maximum absolute atomic E-state index is 12.8. The first kappa shape index (κ1) is 21.6. The molecule has 154 valence electrons. The van der Waals surface area contributed by atoms with E-state index in [1.54, 1.807) is 24.1 Å². The Hall–Kier alpha value is -3.11. The van der Waals surface area contributed by atoms with Crippen LogP contribution in [0.5, 0.6) is 0 Å². The van der Waals surface area contributed by atoms with E-state index in [2.05, 4.69) is 29.6 Å². The van der Waals surface area contributed by atoms with Gasteiger partial charge in [-0.05, 0) is 34.4 Å². The van der Waals surface area contributed by atoms with E-state index in [0.717, 1.165) is 22.3 Å². The zero-order chi connectivity index (χ0) is 21.5. The second-order valence-electron chi connectivity index (χ2n) is 7.32. The first-order valence-electron chi connectivity index (χ1n) is 9.83. The molecule has 30 heavy (non-hydrogen) atoms. The molecule has 1 unspecified atom stereocenters. The number of nitrogens with one attached hydrogen (secondary N) is 1. The fraction of sp³-hybridized carbons (Fsp3) is 0.200. The highest BCUT2D eigenvalue weighted by atomic mass is 35.5. The minimum Gasteiger partial charge on any atom is -0.349 e. The molecule has 0 radical (unpaired) electrons. The molecular weight excluding hydrogens is 396 g/mol. The molecule has 3 aromatic carbocycles. The third-order valence-electron chi connectivity index (χ3n) is 4.94. The minimum absolute atomic E-state index is 0.0455. The zero-order valence-corrected chi connectivity index (χ0v) is 17.9. The number of rotatable bonds is 7. The van der Waals surface area contributed by atoms with Gasteiger partial charge in [0.15, 0.2) is 0 Å². The van der Waals surface area contributed by atoms with Crippen LogP contribution in [-0.2, 0) is 16.1 Å². The molecule has 3 rings (SSSR count). The molecule has 0 saturated carbocycles. The molecule has 1 N–H and O–H groups in total. The van der Waals surface area contributed by atoms with Gasteiger partial charge in [-0.15, -0.1) is 0 Å². The number of carbonyl (C=O) groups is 2. The summed E-state index contributed by atoms with van der Waals surface area (Å²) in [5.74, 6) is -0.224. The second kappa shape index (κ2) is 10.1. The van der Waals surface area contributed by atoms with Crippen LogP contribution in [0, 0.1) is 0 Å². The SMILES string of the molecule is CC(=O)NC(CC(=O)N(C)Cc1ccc(-c2ccccc2)cc1)c1ccc(Cl)cc1. The maximum atomic E-state index is 12.8. The van der Waals surface area contributed by atoms with E-state index >= 15 is 0 Å². The maximum Gasteiger partial charge on any atom is 0.225 e. The van der Waals surface area contributed by atoms with E-state index in [9.17, 15) is 9.59 Å². The van der Waals surface area contributed by atoms with Crippen LogP contribution >= 0.6 is 11.6 Å². The van der Waals surface area contributed by atoms with Crippen molar-refractivity contribution in [1.82, 2.24) is 10.2 Å². The molecule has 1 atom stereocenters. The van der Waals surface area contributed by atoms with Crippen LogP contribution in [0.25, 0.3) is 11.1 Å². The third kappa shape index (κ3) is 5.94. The summed E-state index contributed by atoms with van der Waals surface area (Å²) in [7, 11) is 1.78. The number of hydrogen-bond donors (Lipinski definition) is 1. The van der Waals surface area contributed by atoms with Gasteiger partial charge in [0.1, 0.15) is 0 Å². The number of nitrogens with zero attached hydrogens (tertiary/aromatic N) is 1. The lowest BCUT2D eigenvalue weighted by atomic mass is 10.0. The van der Waals surface area contributed by atoms with Crippen molar-refractivity contribution >= 4 is 23.4 Å². The Balaban J connectivity index is 1.65. The monoisotopic (exact) mass is 420 g/mol. The molecule has 2 amide bonds. The number of amides is 2. The Morgan fingerprint density at radius 1 is 0.900 bits per heavy atom. The number of hydrogen-bond acceptors (Lipinski definition) is 2. The zero-order valence-electron chi connectivity index (χ0n) is 17.1. The average molecular weight is 421 g/mol. The first-order valence-corrected chi connectivity index (χ1v) is 10.2. The van der Waals surface area contributed by atoms with Crippen molar-refractivity contribution in [3.8, 4) is 11.1 Å². The Labute approximate surface area is 182 Å². The first-order chi connectivity index (χ1) is 14.4. The quantitative estimate of drug-likeness (QED) is 0.568. The van der Waals surface area contributed by atoms with E-state index in [4.69, 9.17) is 11.6 Å². The summed E-state index contributed by atoms with van der Waals surface area (Å²) in [6.45, 7) is 1.95. The lowest BCUT2D eigenvalue weighted by molar-refractivity contribution is -0.131. The molecule has 4 nitrogen and oxygen atoms in total. The fourth-order valence-electron chi connectivity index (χ4n) is 3.32. The van der Waals surface area contributed by atoms with Gasteiger partial charge in [-0.25, -0.2) is 0 Å². The van der Waals surface area contributed by atoms with Gasteiger partial charge in [0.2, 0.25) is 11.8 Å². The third-order valence-corrected chi connectivity index (χ3v) is 5.19. The second-order valence-corrected chi connectivity index (χ2v) is 7.76. The van der Waals surface area contributed by atoms with Crippen molar-refractivity contribution in [3.63, 3.8) is 0 Å². The van der Waals surface area contributed by atoms with Crippen molar-refractivity contribution in [1.29, 1.82) is 0 Å². The lowest BCUT2D eigenvalue weighted by Gasteiger charge is -2.23. The predicted octanol–water partition coefficient (Wildman–Crippen LogP) is 5.23. The highest BCUT2D eigenvalue weighted by Crippen LogP contribution is 2.22. The molecule has 0 aliphatic heterocycles. The molecule has 0 aromatic heterocycles. The van der Waals surface area contributed by atoms with Gasteiger partial charge in [-0.2, -0.15) is 0 Å². The Morgan fingerprint density at radius 3 is 2.10 bits per heavy atom. The largest absolute Gasteiger partial charge is 0.349 e. The van der Waals surface area contributed by atoms with Crippen LogP contribution in [0.1, 0.15) is 30.5 Å². The Morgan fingerprint density at radius 2 is 1.50 bits per heavy atom. The van der Waals surface area contributed by atoms with Gasteiger partial charge in [0.05, 0.1) is 12.5 Å². The topological polar surface area (TPSA) is 49.4 Å². The Kier molecular flexibility index (Phi) is 7.26. The molecule has 0 heterocycles. The fourth-order valence-corrected chi connectivity index (χ4v) is 3.44. The van der Waals surface area contributed by atoms with Crippen molar-refractivity contribution < 1.29 is 9.59 Å². The highest BCUT2D eigenvalue weighted by Gasteiger charge is 2.20. The van der Waals surface area contributed by atoms with Crippen LogP contribution in [0.15, 0.2) is 78.9 Å². The van der Waals surface area contributed by atoms with Crippen LogP contribution in [0.2, 0.25) is 5.02 Å². The number of carbonyl (C=O) groups excluding carboxylic acids is 2. The lowest BCUT2D eigenvalue weighted by Crippen LogP contribution is -2.33. The molecule has 0 saturated heterocycles. The molecule has 3 aromatic rings. The van der Waals surface area contributed by atoms with E-state index < -0.39 is 6.04 Å². The molecule has 0 spiro atoms. The summed E-state index contributed by atoms with van der Waals surface area (Å²) >= 11 is 5.96. The normalized spacial score (nSPS) is 11.6. The highest BCUT2D eigenvalue weighted by molar-refractivity contribution is 6.30. The van der Waals surface area contributed by atoms with Crippen LogP contribution in [-0.4, -0.2) is 23.8 Å². The standard InChI is InChI=1S/C25H25ClN2O2/c1-18(29)27-24(22-12-14-23(26)15-13-22)16-25(30)28(2)17-19-8-10-21(11-9-19)20-6-4-3-5-7-20/h3-15,24H,16-17H2,1-2H3,(H,27,29). The average Bonchev–Trinajstić information content (AvgIpc) is 2.74. The van der Waals surface area contributed by atoms with Crippen molar-refractivity contribution in [3.05, 3.63) is 95.0 Å². The molecular formula is C25H25ClN2O2. The number of benzene rings is 3. The minimum atomic E-state index is -0.393. The van der Waals surface area contributed by atoms with Gasteiger partial charge in [0, 0.05) is 25.5 Å². The molecule has 0 aliphatic rings. The van der Waals surface area contributed by atoms with Crippen LogP contribution < -0.4 is 5.32 Å². The van der Waals surface area contributed by atoms with Crippen molar-refractivity contribution in [2.45, 2.75) is 25.9 Å². The molecule has 0 bridgehead atoms. The van der Waals surface area contributed by atoms with E-state index in [1.807, 2.05) is 42.5 Å². The molecule has 0 aliphatic carbocycles. The van der Waals surface area contributed by atoms with E-state index in [0.29, 0.717) is 11.6 Å². The van der Waals surface area contributed by atoms with Gasteiger partial charge in [-0.3, -0.25) is 9.59 Å². The summed E-state index contributed by atoms with van der Waals surface area (Å²) < 4.78 is 0. The summed E-state index contributed by atoms with van der Waals surface area (Å²) in [5, 5.41) is 3.48. The predicted molar refractivity (Wildman–Crippen MR) is 121 cm³/mol. The van der Waals surface area contributed by atoms with Crippen LogP contribution in [0.4, 0.5) is 0 Å². The molecule has 5 heteroatoms. The summed E-state index contributed by atoms with van der Waals surface area (Å²) in [6, 6.07) is 25.2. The van der Waals surface area contributed by atoms with Crippen molar-refractivity contribution in [2.75, 3.05) is 7.05 Å². The summed E-state index contributed by atoms with van der Waals surface area (Å²) in [5.41, 5.74) is 4.20. The number of halogens is 1. The van der Waals surface area contributed by atoms with E-state index in [-0.39, 0.29) is 18.2 Å². The Bertz CT molecular complexity index is 986. The van der Waals surface area contributed by atoms with Gasteiger partial charge >= 0.3 is 0 Å². The van der Waals surface area contributed by atoms with E-state index in [1.165, 1.54) is 6.92 Å². The smallest absolute Gasteiger partial charge is 0.225 e. The molecule has 0 fully saturated rings. The van der Waals surface area contributed by atoms with Gasteiger partial charge < -0.3 is 10.2 Å². The van der Waals surface area contributed by atoms with Gasteiger partial charge in [-0.1, -0.05) is 78.3 Å².